The molecule has 23 heavy (non-hydrogen) atoms. The smallest absolute Gasteiger partial charge is 0.382 e. The summed E-state index contributed by atoms with van der Waals surface area (Å²) in [5.74, 6) is -3.19. The number of anilines is 1. The van der Waals surface area contributed by atoms with Crippen LogP contribution in [0.3, 0.4) is 0 Å². The Bertz CT molecular complexity index is 700. The van der Waals surface area contributed by atoms with Gasteiger partial charge in [-0.25, -0.2) is 9.59 Å². The summed E-state index contributed by atoms with van der Waals surface area (Å²) in [5, 5.41) is 4.50. The first-order valence-corrected chi connectivity index (χ1v) is 7.68. The lowest BCUT2D eigenvalue weighted by Gasteiger charge is -2.09. The highest BCUT2D eigenvalue weighted by molar-refractivity contribution is 7.84. The highest BCUT2D eigenvalue weighted by atomic mass is 32.2. The Morgan fingerprint density at radius 1 is 1.13 bits per heavy atom. The molecule has 0 spiro atoms. The first-order valence-electron chi connectivity index (χ1n) is 6.20. The van der Waals surface area contributed by atoms with Crippen LogP contribution in [0.25, 0.3) is 0 Å². The minimum atomic E-state index is -4.42. The molecule has 0 aliphatic carbocycles. The van der Waals surface area contributed by atoms with Crippen molar-refractivity contribution in [1.29, 1.82) is 0 Å². The summed E-state index contributed by atoms with van der Waals surface area (Å²) >= 11 is 0. The summed E-state index contributed by atoms with van der Waals surface area (Å²) in [6, 6.07) is 4.30. The summed E-state index contributed by atoms with van der Waals surface area (Å²) < 4.78 is 29.4. The predicted molar refractivity (Wildman–Crippen MR) is 77.7 cm³/mol. The van der Waals surface area contributed by atoms with Crippen molar-refractivity contribution in [2.45, 2.75) is 18.9 Å². The lowest BCUT2D eigenvalue weighted by Crippen LogP contribution is -2.34. The Labute approximate surface area is 131 Å². The average Bonchev–Trinajstić information content (AvgIpc) is 2.43. The molecule has 0 radical (unpaired) electrons. The summed E-state index contributed by atoms with van der Waals surface area (Å²) in [6.45, 7) is 0. The maximum atomic E-state index is 11.7. The zero-order chi connectivity index (χ0) is 17.6. The second-order valence-electron chi connectivity index (χ2n) is 4.42. The van der Waals surface area contributed by atoms with Gasteiger partial charge in [0.05, 0.1) is 5.56 Å². The molecule has 1 atom stereocenters. The molecule has 0 aromatic heterocycles. The summed E-state index contributed by atoms with van der Waals surface area (Å²) in [5.41, 5.74) is 11.4. The number of rotatable bonds is 6. The van der Waals surface area contributed by atoms with Gasteiger partial charge in [0.2, 0.25) is 0 Å². The standard InChI is InChI=1S/C12H15N3O7S/c13-8-3-1-7(2-4-8)11(17)21-12(18)9(14)5-6-10(16)22-23(15,19)20/h1-4,9H,5-6,13-14H2,(H2,15,19,20)/t9-/m1/s1. The average molecular weight is 345 g/mol. The summed E-state index contributed by atoms with van der Waals surface area (Å²) in [7, 11) is -4.42. The van der Waals surface area contributed by atoms with Crippen molar-refractivity contribution in [2.75, 3.05) is 5.73 Å². The molecule has 0 amide bonds. The topological polar surface area (TPSA) is 182 Å². The van der Waals surface area contributed by atoms with Crippen molar-refractivity contribution >= 4 is 33.9 Å². The molecule has 0 bridgehead atoms. The van der Waals surface area contributed by atoms with Crippen LogP contribution >= 0.6 is 0 Å². The van der Waals surface area contributed by atoms with E-state index in [0.29, 0.717) is 5.69 Å². The highest BCUT2D eigenvalue weighted by Crippen LogP contribution is 2.08. The maximum Gasteiger partial charge on any atom is 0.382 e. The van der Waals surface area contributed by atoms with E-state index in [4.69, 9.17) is 11.5 Å². The quantitative estimate of drug-likeness (QED) is 0.324. The monoisotopic (exact) mass is 345 g/mol. The summed E-state index contributed by atoms with van der Waals surface area (Å²) in [4.78, 5) is 34.4. The number of carbonyl (C=O) groups excluding carboxylic acids is 3. The Kier molecular flexibility index (Phi) is 6.18. The fourth-order valence-electron chi connectivity index (χ4n) is 1.41. The van der Waals surface area contributed by atoms with Crippen molar-refractivity contribution in [2.24, 2.45) is 10.9 Å². The van der Waals surface area contributed by atoms with E-state index in [-0.39, 0.29) is 12.0 Å². The van der Waals surface area contributed by atoms with Crippen LogP contribution in [0.5, 0.6) is 0 Å². The van der Waals surface area contributed by atoms with Gasteiger partial charge in [-0.1, -0.05) is 0 Å². The van der Waals surface area contributed by atoms with E-state index < -0.39 is 40.7 Å². The highest BCUT2D eigenvalue weighted by Gasteiger charge is 2.22. The Balaban J connectivity index is 2.49. The van der Waals surface area contributed by atoms with Crippen LogP contribution in [0.1, 0.15) is 23.2 Å². The number of ether oxygens (including phenoxy) is 1. The minimum absolute atomic E-state index is 0.0911. The van der Waals surface area contributed by atoms with E-state index >= 15 is 0 Å². The number of benzene rings is 1. The molecule has 0 aliphatic heterocycles. The zero-order valence-corrected chi connectivity index (χ0v) is 12.6. The molecule has 0 fully saturated rings. The molecule has 6 N–H and O–H groups in total. The fraction of sp³-hybridized carbons (Fsp3) is 0.250. The van der Waals surface area contributed by atoms with Crippen LogP contribution in [0.15, 0.2) is 24.3 Å². The van der Waals surface area contributed by atoms with Crippen molar-refractivity contribution < 1.29 is 31.7 Å². The van der Waals surface area contributed by atoms with Gasteiger partial charge in [-0.15, -0.1) is 0 Å². The maximum absolute atomic E-state index is 11.7. The predicted octanol–water partition coefficient (Wildman–Crippen LogP) is -1.19. The molecule has 0 aliphatic rings. The van der Waals surface area contributed by atoms with Crippen LogP contribution < -0.4 is 16.6 Å². The first kappa shape index (κ1) is 18.5. The lowest BCUT2D eigenvalue weighted by atomic mass is 10.1. The second kappa shape index (κ2) is 7.67. The van der Waals surface area contributed by atoms with Gasteiger partial charge < -0.3 is 20.4 Å². The van der Waals surface area contributed by atoms with Gasteiger partial charge in [0.25, 0.3) is 0 Å². The molecule has 126 valence electrons. The Hall–Kier alpha value is -2.50. The SMILES string of the molecule is Nc1ccc(C(=O)OC(=O)[C@H](N)CCC(=O)OS(N)(=O)=O)cc1. The first-order chi connectivity index (χ1) is 10.6. The Morgan fingerprint density at radius 2 is 1.70 bits per heavy atom. The van der Waals surface area contributed by atoms with Crippen molar-refractivity contribution in [3.63, 3.8) is 0 Å². The van der Waals surface area contributed by atoms with E-state index in [2.05, 4.69) is 14.1 Å². The van der Waals surface area contributed by atoms with E-state index in [1.165, 1.54) is 24.3 Å². The zero-order valence-electron chi connectivity index (χ0n) is 11.8. The van der Waals surface area contributed by atoms with E-state index in [0.717, 1.165) is 0 Å². The molecule has 10 nitrogen and oxygen atoms in total. The molecule has 0 unspecified atom stereocenters. The number of nitrogens with two attached hydrogens (primary N) is 3. The van der Waals surface area contributed by atoms with E-state index in [1.54, 1.807) is 0 Å². The van der Waals surface area contributed by atoms with Crippen LogP contribution in [-0.2, 0) is 28.8 Å². The van der Waals surface area contributed by atoms with Gasteiger partial charge in [-0.05, 0) is 30.7 Å². The number of hydrogen-bond donors (Lipinski definition) is 3. The van der Waals surface area contributed by atoms with Crippen molar-refractivity contribution in [3.05, 3.63) is 29.8 Å². The summed E-state index contributed by atoms with van der Waals surface area (Å²) in [6.07, 6.45) is -0.787. The molecule has 0 heterocycles. The van der Waals surface area contributed by atoms with Crippen molar-refractivity contribution in [1.82, 2.24) is 0 Å². The molecule has 0 saturated carbocycles. The molecule has 1 rings (SSSR count). The number of esters is 2. The third-order valence-corrected chi connectivity index (χ3v) is 2.93. The molecule has 1 aromatic carbocycles. The van der Waals surface area contributed by atoms with Gasteiger partial charge >= 0.3 is 28.2 Å². The molecular formula is C12H15N3O7S. The molecule has 0 saturated heterocycles. The number of nitrogen functional groups attached to an aromatic ring is 1. The normalized spacial score (nSPS) is 12.3. The Morgan fingerprint density at radius 3 is 2.22 bits per heavy atom. The van der Waals surface area contributed by atoms with Crippen LogP contribution in [0.2, 0.25) is 0 Å². The second-order valence-corrected chi connectivity index (χ2v) is 5.58. The van der Waals surface area contributed by atoms with Crippen LogP contribution in [0, 0.1) is 0 Å². The lowest BCUT2D eigenvalue weighted by molar-refractivity contribution is -0.140. The molecule has 11 heteroatoms. The fourth-order valence-corrected chi connectivity index (χ4v) is 1.75. The molecule has 1 aromatic rings. The number of carbonyl (C=O) groups is 3. The van der Waals surface area contributed by atoms with Gasteiger partial charge in [-0.3, -0.25) is 4.79 Å². The van der Waals surface area contributed by atoms with E-state index in [9.17, 15) is 22.8 Å². The van der Waals surface area contributed by atoms with Crippen molar-refractivity contribution in [3.8, 4) is 0 Å². The van der Waals surface area contributed by atoms with Gasteiger partial charge in [0, 0.05) is 12.1 Å². The van der Waals surface area contributed by atoms with E-state index in [1.807, 2.05) is 0 Å². The van der Waals surface area contributed by atoms with Crippen LogP contribution in [-0.4, -0.2) is 32.4 Å². The van der Waals surface area contributed by atoms with Gasteiger partial charge in [0.15, 0.2) is 0 Å². The third kappa shape index (κ3) is 6.86. The molecular weight excluding hydrogens is 330 g/mol. The number of hydrogen-bond acceptors (Lipinski definition) is 9. The van der Waals surface area contributed by atoms with Crippen LogP contribution in [0.4, 0.5) is 5.69 Å². The van der Waals surface area contributed by atoms with Gasteiger partial charge in [0.1, 0.15) is 6.04 Å². The third-order valence-electron chi connectivity index (χ3n) is 2.51. The largest absolute Gasteiger partial charge is 0.399 e. The van der Waals surface area contributed by atoms with Gasteiger partial charge in [-0.2, -0.15) is 13.6 Å². The minimum Gasteiger partial charge on any atom is -0.399 e.